The maximum absolute atomic E-state index is 11.6. The van der Waals surface area contributed by atoms with Crippen molar-refractivity contribution in [1.82, 2.24) is 5.32 Å². The summed E-state index contributed by atoms with van der Waals surface area (Å²) < 4.78 is 0. The van der Waals surface area contributed by atoms with Crippen molar-refractivity contribution in [2.24, 2.45) is 0 Å². The lowest BCUT2D eigenvalue weighted by Gasteiger charge is -2.19. The molecule has 0 saturated heterocycles. The zero-order valence-electron chi connectivity index (χ0n) is 11.3. The Morgan fingerprint density at radius 3 is 2.53 bits per heavy atom. The summed E-state index contributed by atoms with van der Waals surface area (Å²) in [5, 5.41) is 6.81. The summed E-state index contributed by atoms with van der Waals surface area (Å²) in [6.45, 7) is 0. The summed E-state index contributed by atoms with van der Waals surface area (Å²) in [5.74, 6) is -0.0828. The first-order valence-electron chi connectivity index (χ1n) is 6.99. The summed E-state index contributed by atoms with van der Waals surface area (Å²) in [7, 11) is 1.63. The summed E-state index contributed by atoms with van der Waals surface area (Å²) >= 11 is 6.21. The molecular weight excluding hydrogens is 260 g/mol. The molecule has 0 spiro atoms. The van der Waals surface area contributed by atoms with Gasteiger partial charge in [0.25, 0.3) is 5.91 Å². The number of carbonyl (C=O) groups is 1. The molecule has 0 bridgehead atoms. The Morgan fingerprint density at radius 2 is 1.89 bits per heavy atom. The van der Waals surface area contributed by atoms with Crippen LogP contribution in [0.1, 0.15) is 48.9 Å². The Bertz CT molecular complexity index is 440. The minimum absolute atomic E-state index is 0.0828. The highest BCUT2D eigenvalue weighted by atomic mass is 35.5. The van der Waals surface area contributed by atoms with Crippen LogP contribution in [0.4, 0.5) is 5.69 Å². The van der Waals surface area contributed by atoms with Gasteiger partial charge >= 0.3 is 0 Å². The van der Waals surface area contributed by atoms with Crippen molar-refractivity contribution in [3.05, 3.63) is 28.8 Å². The highest BCUT2D eigenvalue weighted by Crippen LogP contribution is 2.27. The molecule has 2 N–H and O–H groups in total. The van der Waals surface area contributed by atoms with Crippen molar-refractivity contribution in [2.75, 3.05) is 12.4 Å². The van der Waals surface area contributed by atoms with Gasteiger partial charge in [0.05, 0.1) is 10.7 Å². The Kier molecular flexibility index (Phi) is 5.08. The average molecular weight is 281 g/mol. The Hall–Kier alpha value is -1.22. The van der Waals surface area contributed by atoms with Crippen molar-refractivity contribution in [1.29, 1.82) is 0 Å². The van der Waals surface area contributed by atoms with Crippen LogP contribution in [0.2, 0.25) is 5.02 Å². The first-order chi connectivity index (χ1) is 9.20. The molecule has 1 aromatic carbocycles. The SMILES string of the molecule is CNC(=O)c1ccc(Cl)c(NC2CCCCCC2)c1. The number of halogens is 1. The van der Waals surface area contributed by atoms with Gasteiger partial charge in [0.2, 0.25) is 0 Å². The van der Waals surface area contributed by atoms with Crippen molar-refractivity contribution in [3.63, 3.8) is 0 Å². The molecule has 4 heteroatoms. The van der Waals surface area contributed by atoms with Crippen LogP contribution in [0, 0.1) is 0 Å². The van der Waals surface area contributed by atoms with Gasteiger partial charge in [-0.2, -0.15) is 0 Å². The van der Waals surface area contributed by atoms with Crippen LogP contribution in [0.15, 0.2) is 18.2 Å². The second-order valence-electron chi connectivity index (χ2n) is 5.11. The van der Waals surface area contributed by atoms with Crippen molar-refractivity contribution in [2.45, 2.75) is 44.6 Å². The van der Waals surface area contributed by atoms with E-state index in [-0.39, 0.29) is 5.91 Å². The second kappa shape index (κ2) is 6.80. The molecule has 3 nitrogen and oxygen atoms in total. The number of carbonyl (C=O) groups excluding carboxylic acids is 1. The van der Waals surface area contributed by atoms with E-state index in [1.54, 1.807) is 19.2 Å². The van der Waals surface area contributed by atoms with Gasteiger partial charge in [-0.05, 0) is 31.0 Å². The predicted molar refractivity (Wildman–Crippen MR) is 80.0 cm³/mol. The van der Waals surface area contributed by atoms with Gasteiger partial charge in [-0.1, -0.05) is 37.3 Å². The zero-order valence-corrected chi connectivity index (χ0v) is 12.1. The van der Waals surface area contributed by atoms with Gasteiger partial charge in [0.1, 0.15) is 0 Å². The summed E-state index contributed by atoms with van der Waals surface area (Å²) in [6, 6.07) is 5.84. The first kappa shape index (κ1) is 14.2. The van der Waals surface area contributed by atoms with Crippen LogP contribution in [0.25, 0.3) is 0 Å². The van der Waals surface area contributed by atoms with E-state index in [0.717, 1.165) is 5.69 Å². The first-order valence-corrected chi connectivity index (χ1v) is 7.36. The van der Waals surface area contributed by atoms with E-state index < -0.39 is 0 Å². The molecule has 1 aliphatic carbocycles. The minimum atomic E-state index is -0.0828. The fourth-order valence-electron chi connectivity index (χ4n) is 2.57. The molecular formula is C15H21ClN2O. The van der Waals surface area contributed by atoms with Crippen LogP contribution in [-0.2, 0) is 0 Å². The molecule has 1 amide bonds. The molecule has 0 heterocycles. The number of anilines is 1. The fraction of sp³-hybridized carbons (Fsp3) is 0.533. The largest absolute Gasteiger partial charge is 0.381 e. The third kappa shape index (κ3) is 3.87. The Balaban J connectivity index is 2.11. The lowest BCUT2D eigenvalue weighted by molar-refractivity contribution is 0.0963. The Morgan fingerprint density at radius 1 is 1.21 bits per heavy atom. The second-order valence-corrected chi connectivity index (χ2v) is 5.51. The number of hydrogen-bond donors (Lipinski definition) is 2. The van der Waals surface area contributed by atoms with Crippen molar-refractivity contribution >= 4 is 23.2 Å². The highest BCUT2D eigenvalue weighted by Gasteiger charge is 2.14. The number of nitrogens with one attached hydrogen (secondary N) is 2. The molecule has 1 saturated carbocycles. The van der Waals surface area contributed by atoms with Gasteiger partial charge in [-0.25, -0.2) is 0 Å². The summed E-state index contributed by atoms with van der Waals surface area (Å²) in [6.07, 6.45) is 7.55. The lowest BCUT2D eigenvalue weighted by atomic mass is 10.1. The average Bonchev–Trinajstić information content (AvgIpc) is 2.69. The van der Waals surface area contributed by atoms with Crippen LogP contribution in [-0.4, -0.2) is 19.0 Å². The number of hydrogen-bond acceptors (Lipinski definition) is 2. The van der Waals surface area contributed by atoms with Gasteiger partial charge in [0, 0.05) is 18.7 Å². The number of rotatable bonds is 3. The topological polar surface area (TPSA) is 41.1 Å². The van der Waals surface area contributed by atoms with Crippen LogP contribution in [0.5, 0.6) is 0 Å². The van der Waals surface area contributed by atoms with Gasteiger partial charge in [0.15, 0.2) is 0 Å². The van der Waals surface area contributed by atoms with E-state index >= 15 is 0 Å². The standard InChI is InChI=1S/C15H21ClN2O/c1-17-15(19)11-8-9-13(16)14(10-11)18-12-6-4-2-3-5-7-12/h8-10,12,18H,2-7H2,1H3,(H,17,19). The van der Waals surface area contributed by atoms with Crippen LogP contribution in [0.3, 0.4) is 0 Å². The van der Waals surface area contributed by atoms with Crippen molar-refractivity contribution in [3.8, 4) is 0 Å². The van der Waals surface area contributed by atoms with E-state index in [1.165, 1.54) is 38.5 Å². The van der Waals surface area contributed by atoms with Crippen LogP contribution < -0.4 is 10.6 Å². The molecule has 1 fully saturated rings. The van der Waals surface area contributed by atoms with Crippen molar-refractivity contribution < 1.29 is 4.79 Å². The van der Waals surface area contributed by atoms with E-state index in [4.69, 9.17) is 11.6 Å². The summed E-state index contributed by atoms with van der Waals surface area (Å²) in [5.41, 5.74) is 1.51. The van der Waals surface area contributed by atoms with Gasteiger partial charge < -0.3 is 10.6 Å². The molecule has 2 rings (SSSR count). The smallest absolute Gasteiger partial charge is 0.251 e. The minimum Gasteiger partial charge on any atom is -0.381 e. The predicted octanol–water partition coefficient (Wildman–Crippen LogP) is 3.83. The number of benzene rings is 1. The molecule has 1 aliphatic rings. The summed E-state index contributed by atoms with van der Waals surface area (Å²) in [4.78, 5) is 11.6. The zero-order chi connectivity index (χ0) is 13.7. The van der Waals surface area contributed by atoms with E-state index in [0.29, 0.717) is 16.6 Å². The van der Waals surface area contributed by atoms with E-state index in [2.05, 4.69) is 10.6 Å². The maximum Gasteiger partial charge on any atom is 0.251 e. The maximum atomic E-state index is 11.6. The molecule has 0 unspecified atom stereocenters. The van der Waals surface area contributed by atoms with Gasteiger partial charge in [-0.3, -0.25) is 4.79 Å². The van der Waals surface area contributed by atoms with E-state index in [1.807, 2.05) is 6.07 Å². The monoisotopic (exact) mass is 280 g/mol. The van der Waals surface area contributed by atoms with E-state index in [9.17, 15) is 4.79 Å². The normalized spacial score (nSPS) is 16.7. The molecule has 0 aromatic heterocycles. The molecule has 1 aromatic rings. The third-order valence-corrected chi connectivity index (χ3v) is 4.00. The molecule has 0 atom stereocenters. The number of amides is 1. The van der Waals surface area contributed by atoms with Crippen LogP contribution >= 0.6 is 11.6 Å². The lowest BCUT2D eigenvalue weighted by Crippen LogP contribution is -2.20. The highest BCUT2D eigenvalue weighted by molar-refractivity contribution is 6.33. The molecule has 19 heavy (non-hydrogen) atoms. The Labute approximate surface area is 119 Å². The molecule has 0 aliphatic heterocycles. The quantitative estimate of drug-likeness (QED) is 0.826. The molecule has 104 valence electrons. The third-order valence-electron chi connectivity index (χ3n) is 3.67. The molecule has 0 radical (unpaired) electrons. The fourth-order valence-corrected chi connectivity index (χ4v) is 2.74. The van der Waals surface area contributed by atoms with Gasteiger partial charge in [-0.15, -0.1) is 0 Å².